The van der Waals surface area contributed by atoms with Gasteiger partial charge in [0.15, 0.2) is 5.13 Å². The Labute approximate surface area is 187 Å². The molecule has 0 bridgehead atoms. The highest BCUT2D eigenvalue weighted by atomic mass is 35.5. The standard InChI is InChI=1S/C22H16Cl2N2O3S/c1-13(20-16(23)8-5-9-17(20)24)28-15-10-11-18-19(12-15)30-21(25-18)26-22(27)29-14-6-3-2-4-7-14/h2-13H,1H3,(H,25,26,27). The molecule has 1 atom stereocenters. The summed E-state index contributed by atoms with van der Waals surface area (Å²) in [5.41, 5.74) is 1.47. The van der Waals surface area contributed by atoms with Gasteiger partial charge in [0, 0.05) is 15.6 Å². The van der Waals surface area contributed by atoms with E-state index in [-0.39, 0.29) is 6.10 Å². The number of nitrogens with zero attached hydrogens (tertiary/aromatic N) is 1. The normalized spacial score (nSPS) is 11.8. The molecule has 5 nitrogen and oxygen atoms in total. The predicted molar refractivity (Wildman–Crippen MR) is 121 cm³/mol. The van der Waals surface area contributed by atoms with E-state index in [1.54, 1.807) is 42.5 Å². The minimum Gasteiger partial charge on any atom is -0.486 e. The summed E-state index contributed by atoms with van der Waals surface area (Å²) >= 11 is 13.9. The molecule has 4 aromatic rings. The molecule has 0 fully saturated rings. The first-order valence-electron chi connectivity index (χ1n) is 9.04. The molecule has 1 unspecified atom stereocenters. The Balaban J connectivity index is 1.48. The molecular formula is C22H16Cl2N2O3S. The van der Waals surface area contributed by atoms with Crippen molar-refractivity contribution in [3.8, 4) is 11.5 Å². The van der Waals surface area contributed by atoms with Crippen LogP contribution in [0.4, 0.5) is 9.93 Å². The topological polar surface area (TPSA) is 60.5 Å². The zero-order valence-electron chi connectivity index (χ0n) is 15.8. The molecule has 30 heavy (non-hydrogen) atoms. The Morgan fingerprint density at radius 3 is 2.47 bits per heavy atom. The van der Waals surface area contributed by atoms with Gasteiger partial charge in [-0.15, -0.1) is 0 Å². The maximum atomic E-state index is 12.1. The third kappa shape index (κ3) is 4.67. The minimum atomic E-state index is -0.598. The zero-order chi connectivity index (χ0) is 21.1. The van der Waals surface area contributed by atoms with Gasteiger partial charge in [-0.3, -0.25) is 5.32 Å². The number of amides is 1. The number of benzene rings is 3. The largest absolute Gasteiger partial charge is 0.486 e. The lowest BCUT2D eigenvalue weighted by Crippen LogP contribution is -2.16. The Kier molecular flexibility index (Phi) is 6.08. The van der Waals surface area contributed by atoms with Crippen LogP contribution in [0.15, 0.2) is 66.7 Å². The summed E-state index contributed by atoms with van der Waals surface area (Å²) < 4.78 is 12.1. The van der Waals surface area contributed by atoms with Crippen molar-refractivity contribution in [1.29, 1.82) is 0 Å². The second kappa shape index (κ2) is 8.92. The lowest BCUT2D eigenvalue weighted by molar-refractivity contribution is 0.215. The van der Waals surface area contributed by atoms with Crippen LogP contribution in [0, 0.1) is 0 Å². The molecule has 0 aliphatic heterocycles. The monoisotopic (exact) mass is 458 g/mol. The number of halogens is 2. The lowest BCUT2D eigenvalue weighted by Gasteiger charge is -2.17. The average Bonchev–Trinajstić information content (AvgIpc) is 3.09. The van der Waals surface area contributed by atoms with Crippen LogP contribution in [0.1, 0.15) is 18.6 Å². The van der Waals surface area contributed by atoms with Crippen LogP contribution in [0.2, 0.25) is 10.0 Å². The van der Waals surface area contributed by atoms with Gasteiger partial charge in [0.2, 0.25) is 0 Å². The summed E-state index contributed by atoms with van der Waals surface area (Å²) in [4.78, 5) is 16.5. The number of aromatic nitrogens is 1. The number of fused-ring (bicyclic) bond motifs is 1. The summed E-state index contributed by atoms with van der Waals surface area (Å²) in [6, 6.07) is 19.7. The molecule has 0 aliphatic rings. The summed E-state index contributed by atoms with van der Waals surface area (Å²) in [6.07, 6.45) is -0.936. The van der Waals surface area contributed by atoms with Gasteiger partial charge in [-0.05, 0) is 49.4 Å². The van der Waals surface area contributed by atoms with E-state index in [9.17, 15) is 4.79 Å². The maximum Gasteiger partial charge on any atom is 0.418 e. The molecule has 3 aromatic carbocycles. The van der Waals surface area contributed by atoms with Crippen molar-refractivity contribution < 1.29 is 14.3 Å². The number of para-hydroxylation sites is 1. The maximum absolute atomic E-state index is 12.1. The molecule has 152 valence electrons. The molecule has 1 amide bonds. The van der Waals surface area contributed by atoms with Crippen LogP contribution in [-0.4, -0.2) is 11.1 Å². The first kappa shape index (κ1) is 20.5. The Bertz CT molecular complexity index is 1180. The highest BCUT2D eigenvalue weighted by Gasteiger charge is 2.16. The van der Waals surface area contributed by atoms with Crippen LogP contribution in [0.3, 0.4) is 0 Å². The predicted octanol–water partition coefficient (Wildman–Crippen LogP) is 7.35. The van der Waals surface area contributed by atoms with Crippen molar-refractivity contribution in [3.05, 3.63) is 82.3 Å². The fraction of sp³-hybridized carbons (Fsp3) is 0.0909. The van der Waals surface area contributed by atoms with Crippen molar-refractivity contribution in [2.45, 2.75) is 13.0 Å². The number of ether oxygens (including phenoxy) is 2. The van der Waals surface area contributed by atoms with Gasteiger partial charge in [-0.2, -0.15) is 0 Å². The number of thiazole rings is 1. The number of hydrogen-bond acceptors (Lipinski definition) is 5. The van der Waals surface area contributed by atoms with Crippen LogP contribution < -0.4 is 14.8 Å². The molecule has 0 saturated heterocycles. The van der Waals surface area contributed by atoms with Gasteiger partial charge in [0.05, 0.1) is 10.2 Å². The molecule has 0 radical (unpaired) electrons. The van der Waals surface area contributed by atoms with Gasteiger partial charge >= 0.3 is 6.09 Å². The van der Waals surface area contributed by atoms with Gasteiger partial charge in [0.1, 0.15) is 17.6 Å². The first-order valence-corrected chi connectivity index (χ1v) is 10.6. The summed E-state index contributed by atoms with van der Waals surface area (Å²) in [5.74, 6) is 1.10. The van der Waals surface area contributed by atoms with E-state index in [1.807, 2.05) is 31.2 Å². The zero-order valence-corrected chi connectivity index (χ0v) is 18.1. The van der Waals surface area contributed by atoms with E-state index in [4.69, 9.17) is 32.7 Å². The molecule has 1 N–H and O–H groups in total. The van der Waals surface area contributed by atoms with Crippen LogP contribution in [0.25, 0.3) is 10.2 Å². The van der Waals surface area contributed by atoms with E-state index in [0.29, 0.717) is 26.7 Å². The summed E-state index contributed by atoms with van der Waals surface area (Å²) in [7, 11) is 0. The van der Waals surface area contributed by atoms with E-state index < -0.39 is 6.09 Å². The van der Waals surface area contributed by atoms with Crippen molar-refractivity contribution >= 4 is 56.0 Å². The number of carbonyl (C=O) groups is 1. The smallest absolute Gasteiger partial charge is 0.418 e. The van der Waals surface area contributed by atoms with Crippen molar-refractivity contribution in [3.63, 3.8) is 0 Å². The van der Waals surface area contributed by atoms with Gasteiger partial charge in [0.25, 0.3) is 0 Å². The molecular weight excluding hydrogens is 443 g/mol. The first-order chi connectivity index (χ1) is 14.5. The fourth-order valence-electron chi connectivity index (χ4n) is 2.90. The van der Waals surface area contributed by atoms with E-state index in [1.165, 1.54) is 11.3 Å². The van der Waals surface area contributed by atoms with Crippen molar-refractivity contribution in [1.82, 2.24) is 4.98 Å². The number of rotatable bonds is 5. The van der Waals surface area contributed by atoms with Gasteiger partial charge < -0.3 is 9.47 Å². The molecule has 1 aromatic heterocycles. The third-order valence-corrected chi connectivity index (χ3v) is 5.83. The quantitative estimate of drug-likeness (QED) is 0.339. The fourth-order valence-corrected chi connectivity index (χ4v) is 4.49. The number of nitrogens with one attached hydrogen (secondary N) is 1. The van der Waals surface area contributed by atoms with Crippen molar-refractivity contribution in [2.75, 3.05) is 5.32 Å². The Morgan fingerprint density at radius 1 is 1.00 bits per heavy atom. The van der Waals surface area contributed by atoms with Gasteiger partial charge in [-0.25, -0.2) is 9.78 Å². The Morgan fingerprint density at radius 2 is 1.73 bits per heavy atom. The molecule has 0 spiro atoms. The van der Waals surface area contributed by atoms with Crippen LogP contribution in [-0.2, 0) is 0 Å². The second-order valence-electron chi connectivity index (χ2n) is 6.37. The molecule has 1 heterocycles. The molecule has 0 saturated carbocycles. The lowest BCUT2D eigenvalue weighted by atomic mass is 10.1. The number of hydrogen-bond donors (Lipinski definition) is 1. The van der Waals surface area contributed by atoms with Crippen LogP contribution >= 0.6 is 34.5 Å². The number of carbonyl (C=O) groups excluding carboxylic acids is 1. The number of anilines is 1. The highest BCUT2D eigenvalue weighted by Crippen LogP contribution is 2.35. The highest BCUT2D eigenvalue weighted by molar-refractivity contribution is 7.22. The summed E-state index contributed by atoms with van der Waals surface area (Å²) in [6.45, 7) is 1.89. The van der Waals surface area contributed by atoms with Crippen LogP contribution in [0.5, 0.6) is 11.5 Å². The van der Waals surface area contributed by atoms with E-state index in [0.717, 1.165) is 15.8 Å². The third-order valence-electron chi connectivity index (χ3n) is 4.24. The van der Waals surface area contributed by atoms with E-state index >= 15 is 0 Å². The van der Waals surface area contributed by atoms with Gasteiger partial charge in [-0.1, -0.05) is 58.8 Å². The van der Waals surface area contributed by atoms with E-state index in [2.05, 4.69) is 10.3 Å². The minimum absolute atomic E-state index is 0.338. The molecule has 4 rings (SSSR count). The average molecular weight is 459 g/mol. The molecule has 8 heteroatoms. The SMILES string of the molecule is CC(Oc1ccc2nc(NC(=O)Oc3ccccc3)sc2c1)c1c(Cl)cccc1Cl. The summed E-state index contributed by atoms with van der Waals surface area (Å²) in [5, 5.41) is 4.19. The molecule has 0 aliphatic carbocycles. The Hall–Kier alpha value is -2.80. The second-order valence-corrected chi connectivity index (χ2v) is 8.22. The van der Waals surface area contributed by atoms with Crippen molar-refractivity contribution in [2.24, 2.45) is 0 Å².